The van der Waals surface area contributed by atoms with E-state index in [1.54, 1.807) is 0 Å². The Balaban J connectivity index is 4.27. The molecule has 57 heavy (non-hydrogen) atoms. The Morgan fingerprint density at radius 1 is 0.526 bits per heavy atom. The topological polar surface area (TPSA) is 149 Å². The molecule has 0 fully saturated rings. The van der Waals surface area contributed by atoms with E-state index in [4.69, 9.17) is 23.6 Å². The Morgan fingerprint density at radius 2 is 0.912 bits per heavy atom. The van der Waals surface area contributed by atoms with E-state index in [0.29, 0.717) is 12.8 Å². The molecule has 334 valence electrons. The smallest absolute Gasteiger partial charge is 0.462 e. The van der Waals surface area contributed by atoms with Gasteiger partial charge in [0, 0.05) is 12.8 Å². The summed E-state index contributed by atoms with van der Waals surface area (Å²) >= 11 is 0. The van der Waals surface area contributed by atoms with Gasteiger partial charge in [-0.3, -0.25) is 18.6 Å². The number of carbonyl (C=O) groups excluding carboxylic acids is 2. The number of allylic oxidation sites excluding steroid dienone is 6. The van der Waals surface area contributed by atoms with Gasteiger partial charge in [-0.2, -0.15) is 0 Å². The standard InChI is InChI=1S/C46H85O10P/c1-3-5-7-9-11-13-15-17-19-20-21-22-24-26-28-30-32-34-36-38-46(50)56-44(42-55-57(51,52)54-40-43(48)39-47)41-53-45(49)37-35-33-31-29-27-25-23-18-16-14-12-10-8-6-4-2/h11,13,17-19,23,43-44,47-48H,3-10,12,14-16,20-22,24-42H2,1-2H3,(H,51,52)/b13-11-,19-17-,23-18-/t43-,44+/m0/s1. The Kier molecular flexibility index (Phi) is 41.0. The van der Waals surface area contributed by atoms with Crippen LogP contribution in [0.25, 0.3) is 0 Å². The maximum absolute atomic E-state index is 12.6. The van der Waals surface area contributed by atoms with Crippen molar-refractivity contribution in [2.75, 3.05) is 26.4 Å². The number of unbranched alkanes of at least 4 members (excludes halogenated alkanes) is 23. The van der Waals surface area contributed by atoms with Crippen LogP contribution in [0.2, 0.25) is 0 Å². The second kappa shape index (κ2) is 42.3. The number of carbonyl (C=O) groups is 2. The summed E-state index contributed by atoms with van der Waals surface area (Å²) in [4.78, 5) is 35.0. The van der Waals surface area contributed by atoms with E-state index in [-0.39, 0.29) is 19.4 Å². The number of hydrogen-bond acceptors (Lipinski definition) is 9. The van der Waals surface area contributed by atoms with Crippen LogP contribution in [0, 0.1) is 0 Å². The average molecular weight is 829 g/mol. The molecule has 0 aliphatic rings. The van der Waals surface area contributed by atoms with Crippen LogP contribution in [0.3, 0.4) is 0 Å². The Labute approximate surface area is 348 Å². The van der Waals surface area contributed by atoms with Crippen LogP contribution in [0.1, 0.15) is 206 Å². The molecule has 0 aromatic heterocycles. The third-order valence-electron chi connectivity index (χ3n) is 9.77. The molecule has 10 nitrogen and oxygen atoms in total. The SMILES string of the molecule is CCCCC/C=C\C/C=C\CCCCCCCCCCCC(=O)O[C@H](COC(=O)CCCCCCC/C=C\CCCCCCCC)COP(=O)(O)OC[C@@H](O)CO. The molecule has 3 atom stereocenters. The Bertz CT molecular complexity index is 1050. The average Bonchev–Trinajstić information content (AvgIpc) is 3.20. The predicted octanol–water partition coefficient (Wildman–Crippen LogP) is 12.3. The lowest BCUT2D eigenvalue weighted by atomic mass is 10.1. The van der Waals surface area contributed by atoms with Gasteiger partial charge in [-0.15, -0.1) is 0 Å². The summed E-state index contributed by atoms with van der Waals surface area (Å²) in [6.07, 6.45) is 43.9. The van der Waals surface area contributed by atoms with Crippen molar-refractivity contribution >= 4 is 19.8 Å². The molecule has 0 saturated heterocycles. The lowest BCUT2D eigenvalue weighted by Gasteiger charge is -2.20. The molecule has 0 bridgehead atoms. The van der Waals surface area contributed by atoms with E-state index in [1.807, 2.05) is 0 Å². The van der Waals surface area contributed by atoms with Crippen molar-refractivity contribution in [1.82, 2.24) is 0 Å². The van der Waals surface area contributed by atoms with Crippen LogP contribution in [0.5, 0.6) is 0 Å². The summed E-state index contributed by atoms with van der Waals surface area (Å²) in [5.41, 5.74) is 0. The highest BCUT2D eigenvalue weighted by molar-refractivity contribution is 7.47. The van der Waals surface area contributed by atoms with Crippen molar-refractivity contribution in [3.63, 3.8) is 0 Å². The van der Waals surface area contributed by atoms with Crippen molar-refractivity contribution in [2.45, 2.75) is 219 Å². The van der Waals surface area contributed by atoms with E-state index in [2.05, 4.69) is 50.3 Å². The first kappa shape index (κ1) is 55.2. The molecule has 0 aromatic rings. The summed E-state index contributed by atoms with van der Waals surface area (Å²) in [5.74, 6) is -0.935. The van der Waals surface area contributed by atoms with Gasteiger partial charge < -0.3 is 24.6 Å². The van der Waals surface area contributed by atoms with E-state index >= 15 is 0 Å². The quantitative estimate of drug-likeness (QED) is 0.0235. The van der Waals surface area contributed by atoms with Gasteiger partial charge in [-0.1, -0.05) is 159 Å². The van der Waals surface area contributed by atoms with Crippen LogP contribution in [0.15, 0.2) is 36.5 Å². The van der Waals surface area contributed by atoms with E-state index < -0.39 is 51.8 Å². The molecule has 0 amide bonds. The first-order chi connectivity index (χ1) is 27.7. The molecule has 3 N–H and O–H groups in total. The van der Waals surface area contributed by atoms with Crippen molar-refractivity contribution in [3.8, 4) is 0 Å². The molecular formula is C46H85O10P. The molecule has 0 heterocycles. The van der Waals surface area contributed by atoms with Gasteiger partial charge in [0.1, 0.15) is 12.7 Å². The monoisotopic (exact) mass is 829 g/mol. The van der Waals surface area contributed by atoms with Crippen molar-refractivity contribution in [2.24, 2.45) is 0 Å². The molecule has 11 heteroatoms. The zero-order valence-electron chi connectivity index (χ0n) is 36.3. The van der Waals surface area contributed by atoms with Gasteiger partial charge in [0.05, 0.1) is 19.8 Å². The zero-order valence-corrected chi connectivity index (χ0v) is 37.2. The van der Waals surface area contributed by atoms with Gasteiger partial charge >= 0.3 is 19.8 Å². The fourth-order valence-corrected chi connectivity index (χ4v) is 6.98. The number of ether oxygens (including phenoxy) is 2. The van der Waals surface area contributed by atoms with Crippen LogP contribution in [-0.4, -0.2) is 65.7 Å². The summed E-state index contributed by atoms with van der Waals surface area (Å²) in [6.45, 7) is 2.35. The highest BCUT2D eigenvalue weighted by atomic mass is 31.2. The minimum atomic E-state index is -4.62. The van der Waals surface area contributed by atoms with Gasteiger partial charge in [-0.05, 0) is 70.6 Å². The maximum Gasteiger partial charge on any atom is 0.472 e. The van der Waals surface area contributed by atoms with E-state index in [9.17, 15) is 24.2 Å². The molecule has 0 rings (SSSR count). The number of aliphatic hydroxyl groups is 2. The van der Waals surface area contributed by atoms with Gasteiger partial charge in [0.2, 0.25) is 0 Å². The number of esters is 2. The fraction of sp³-hybridized carbons (Fsp3) is 0.826. The second-order valence-corrected chi connectivity index (χ2v) is 16.9. The third kappa shape index (κ3) is 42.1. The van der Waals surface area contributed by atoms with Crippen molar-refractivity contribution < 1.29 is 47.8 Å². The molecule has 0 saturated carbocycles. The number of rotatable bonds is 43. The lowest BCUT2D eigenvalue weighted by molar-refractivity contribution is -0.161. The van der Waals surface area contributed by atoms with Crippen LogP contribution in [0.4, 0.5) is 0 Å². The maximum atomic E-state index is 12.6. The number of phosphoric ester groups is 1. The molecule has 0 aliphatic heterocycles. The van der Waals surface area contributed by atoms with Crippen LogP contribution < -0.4 is 0 Å². The predicted molar refractivity (Wildman–Crippen MR) is 233 cm³/mol. The summed E-state index contributed by atoms with van der Waals surface area (Å²) in [7, 11) is -4.62. The third-order valence-corrected chi connectivity index (χ3v) is 10.7. The Hall–Kier alpha value is -1.81. The molecule has 0 aromatic carbocycles. The number of hydrogen-bond donors (Lipinski definition) is 3. The molecule has 0 spiro atoms. The van der Waals surface area contributed by atoms with Gasteiger partial charge in [-0.25, -0.2) is 4.57 Å². The fourth-order valence-electron chi connectivity index (χ4n) is 6.19. The minimum absolute atomic E-state index is 0.178. The summed E-state index contributed by atoms with van der Waals surface area (Å²) < 4.78 is 32.8. The van der Waals surface area contributed by atoms with Crippen LogP contribution >= 0.6 is 7.82 Å². The van der Waals surface area contributed by atoms with Crippen LogP contribution in [-0.2, 0) is 32.7 Å². The first-order valence-corrected chi connectivity index (χ1v) is 24.4. The zero-order chi connectivity index (χ0) is 41.9. The normalized spacial score (nSPS) is 14.1. The second-order valence-electron chi connectivity index (χ2n) is 15.4. The molecule has 0 radical (unpaired) electrons. The van der Waals surface area contributed by atoms with E-state index in [1.165, 1.54) is 103 Å². The Morgan fingerprint density at radius 3 is 1.40 bits per heavy atom. The van der Waals surface area contributed by atoms with Gasteiger partial charge in [0.25, 0.3) is 0 Å². The van der Waals surface area contributed by atoms with Crippen molar-refractivity contribution in [3.05, 3.63) is 36.5 Å². The van der Waals surface area contributed by atoms with E-state index in [0.717, 1.165) is 64.2 Å². The highest BCUT2D eigenvalue weighted by Crippen LogP contribution is 2.43. The number of phosphoric acid groups is 1. The first-order valence-electron chi connectivity index (χ1n) is 22.9. The molecule has 0 aliphatic carbocycles. The number of aliphatic hydroxyl groups excluding tert-OH is 2. The summed E-state index contributed by atoms with van der Waals surface area (Å²) in [6, 6.07) is 0. The summed E-state index contributed by atoms with van der Waals surface area (Å²) in [5, 5.41) is 18.3. The minimum Gasteiger partial charge on any atom is -0.462 e. The largest absolute Gasteiger partial charge is 0.472 e. The highest BCUT2D eigenvalue weighted by Gasteiger charge is 2.27. The van der Waals surface area contributed by atoms with Gasteiger partial charge in [0.15, 0.2) is 6.10 Å². The van der Waals surface area contributed by atoms with Crippen molar-refractivity contribution in [1.29, 1.82) is 0 Å². The molecular weight excluding hydrogens is 743 g/mol. The lowest BCUT2D eigenvalue weighted by Crippen LogP contribution is -2.29. The molecule has 1 unspecified atom stereocenters.